The summed E-state index contributed by atoms with van der Waals surface area (Å²) in [6.45, 7) is 3.23. The molecule has 0 spiro atoms. The molecular weight excluding hydrogens is 380 g/mol. The van der Waals surface area contributed by atoms with Crippen LogP contribution in [0.25, 0.3) is 11.2 Å². The Labute approximate surface area is 175 Å². The molecule has 160 valence electrons. The molecule has 30 heavy (non-hydrogen) atoms. The summed E-state index contributed by atoms with van der Waals surface area (Å²) in [5, 5.41) is 9.34. The first-order valence-electron chi connectivity index (χ1n) is 11.0. The smallest absolute Gasteiger partial charge is 0.332 e. The van der Waals surface area contributed by atoms with Crippen molar-refractivity contribution in [1.82, 2.24) is 18.7 Å². The van der Waals surface area contributed by atoms with Crippen molar-refractivity contribution in [3.8, 4) is 0 Å². The van der Waals surface area contributed by atoms with Crippen LogP contribution in [0.4, 0.5) is 0 Å². The van der Waals surface area contributed by atoms with Gasteiger partial charge in [-0.15, -0.1) is 0 Å². The quantitative estimate of drug-likeness (QED) is 0.619. The molecule has 0 aliphatic heterocycles. The predicted octanol–water partition coefficient (Wildman–Crippen LogP) is 2.86. The minimum absolute atomic E-state index is 0.0129. The van der Waals surface area contributed by atoms with Crippen LogP contribution in [0, 0.1) is 0 Å². The van der Waals surface area contributed by atoms with Crippen molar-refractivity contribution in [1.29, 1.82) is 0 Å². The maximum absolute atomic E-state index is 13.4. The van der Waals surface area contributed by atoms with E-state index in [0.717, 1.165) is 37.1 Å². The van der Waals surface area contributed by atoms with Crippen LogP contribution in [0.1, 0.15) is 62.8 Å². The SMILES string of the molecule is CCCn1c(=O)c2c(nc(C3CCCC3)n2Cc2ccccc2)n(CCCO)c1=O. The number of aryl methyl sites for hydroxylation is 1. The zero-order valence-corrected chi connectivity index (χ0v) is 17.6. The Balaban J connectivity index is 1.99. The van der Waals surface area contributed by atoms with Crippen LogP contribution in [-0.2, 0) is 19.6 Å². The summed E-state index contributed by atoms with van der Waals surface area (Å²) in [4.78, 5) is 31.4. The van der Waals surface area contributed by atoms with Crippen LogP contribution in [0.15, 0.2) is 39.9 Å². The first-order chi connectivity index (χ1) is 14.7. The van der Waals surface area contributed by atoms with Gasteiger partial charge in [-0.25, -0.2) is 9.78 Å². The van der Waals surface area contributed by atoms with Gasteiger partial charge in [0, 0.05) is 32.2 Å². The molecule has 1 saturated carbocycles. The average molecular weight is 411 g/mol. The lowest BCUT2D eigenvalue weighted by molar-refractivity contribution is 0.279. The summed E-state index contributed by atoms with van der Waals surface area (Å²) >= 11 is 0. The van der Waals surface area contributed by atoms with Gasteiger partial charge >= 0.3 is 5.69 Å². The second-order valence-corrected chi connectivity index (χ2v) is 8.16. The molecule has 0 radical (unpaired) electrons. The molecule has 0 unspecified atom stereocenters. The summed E-state index contributed by atoms with van der Waals surface area (Å²) < 4.78 is 4.97. The Bertz CT molecular complexity index is 1120. The molecule has 0 amide bonds. The first-order valence-corrected chi connectivity index (χ1v) is 11.0. The maximum atomic E-state index is 13.4. The van der Waals surface area contributed by atoms with Crippen LogP contribution < -0.4 is 11.2 Å². The Hall–Kier alpha value is -2.67. The number of rotatable bonds is 8. The fourth-order valence-electron chi connectivity index (χ4n) is 4.58. The van der Waals surface area contributed by atoms with Gasteiger partial charge in [-0.05, 0) is 31.2 Å². The zero-order chi connectivity index (χ0) is 21.1. The van der Waals surface area contributed by atoms with Gasteiger partial charge < -0.3 is 9.67 Å². The minimum Gasteiger partial charge on any atom is -0.396 e. The van der Waals surface area contributed by atoms with Gasteiger partial charge in [0.15, 0.2) is 11.2 Å². The molecule has 7 nitrogen and oxygen atoms in total. The number of imidazole rings is 1. The molecule has 4 rings (SSSR count). The van der Waals surface area contributed by atoms with E-state index >= 15 is 0 Å². The summed E-state index contributed by atoms with van der Waals surface area (Å²) in [5.41, 5.74) is 1.48. The largest absolute Gasteiger partial charge is 0.396 e. The van der Waals surface area contributed by atoms with E-state index in [2.05, 4.69) is 12.1 Å². The van der Waals surface area contributed by atoms with Crippen LogP contribution in [0.3, 0.4) is 0 Å². The van der Waals surface area contributed by atoms with Crippen LogP contribution in [-0.4, -0.2) is 30.4 Å². The topological polar surface area (TPSA) is 82.1 Å². The van der Waals surface area contributed by atoms with Gasteiger partial charge in [-0.1, -0.05) is 50.1 Å². The number of benzene rings is 1. The van der Waals surface area contributed by atoms with Gasteiger partial charge in [0.2, 0.25) is 0 Å². The highest BCUT2D eigenvalue weighted by atomic mass is 16.3. The Morgan fingerprint density at radius 2 is 1.77 bits per heavy atom. The molecule has 2 heterocycles. The number of hydrogen-bond donors (Lipinski definition) is 1. The fourth-order valence-corrected chi connectivity index (χ4v) is 4.58. The molecule has 1 aliphatic rings. The van der Waals surface area contributed by atoms with Crippen LogP contribution >= 0.6 is 0 Å². The maximum Gasteiger partial charge on any atom is 0.332 e. The highest BCUT2D eigenvalue weighted by Crippen LogP contribution is 2.35. The molecule has 1 fully saturated rings. The van der Waals surface area contributed by atoms with Crippen LogP contribution in [0.2, 0.25) is 0 Å². The van der Waals surface area contributed by atoms with E-state index in [-0.39, 0.29) is 17.9 Å². The van der Waals surface area contributed by atoms with Crippen molar-refractivity contribution in [3.63, 3.8) is 0 Å². The molecular formula is C23H30N4O3. The molecule has 1 N–H and O–H groups in total. The Morgan fingerprint density at radius 3 is 2.43 bits per heavy atom. The molecule has 7 heteroatoms. The van der Waals surface area contributed by atoms with Crippen molar-refractivity contribution in [3.05, 3.63) is 62.6 Å². The van der Waals surface area contributed by atoms with E-state index < -0.39 is 0 Å². The predicted molar refractivity (Wildman–Crippen MR) is 117 cm³/mol. The van der Waals surface area contributed by atoms with Gasteiger partial charge in [-0.3, -0.25) is 13.9 Å². The zero-order valence-electron chi connectivity index (χ0n) is 17.6. The number of aliphatic hydroxyl groups excluding tert-OH is 1. The second kappa shape index (κ2) is 9.00. The van der Waals surface area contributed by atoms with E-state index in [1.165, 1.54) is 4.57 Å². The van der Waals surface area contributed by atoms with E-state index in [1.54, 1.807) is 4.57 Å². The first kappa shape index (κ1) is 20.6. The lowest BCUT2D eigenvalue weighted by Gasteiger charge is -2.14. The molecule has 3 aromatic rings. The molecule has 0 bridgehead atoms. The third kappa shape index (κ3) is 3.74. The summed E-state index contributed by atoms with van der Waals surface area (Å²) in [6, 6.07) is 10.1. The van der Waals surface area contributed by atoms with Crippen molar-refractivity contribution >= 4 is 11.2 Å². The summed E-state index contributed by atoms with van der Waals surface area (Å²) in [6.07, 6.45) is 5.59. The third-order valence-electron chi connectivity index (χ3n) is 6.03. The normalized spacial score (nSPS) is 14.7. The van der Waals surface area contributed by atoms with Crippen molar-refractivity contribution in [2.45, 2.75) is 71.0 Å². The molecule has 0 saturated heterocycles. The average Bonchev–Trinajstić information content (AvgIpc) is 3.40. The van der Waals surface area contributed by atoms with Gasteiger partial charge in [-0.2, -0.15) is 0 Å². The lowest BCUT2D eigenvalue weighted by Crippen LogP contribution is -2.40. The second-order valence-electron chi connectivity index (χ2n) is 8.16. The third-order valence-corrected chi connectivity index (χ3v) is 6.03. The Morgan fingerprint density at radius 1 is 1.03 bits per heavy atom. The van der Waals surface area contributed by atoms with Crippen molar-refractivity contribution in [2.24, 2.45) is 0 Å². The number of hydrogen-bond acceptors (Lipinski definition) is 4. The number of aromatic nitrogens is 4. The highest BCUT2D eigenvalue weighted by Gasteiger charge is 2.27. The van der Waals surface area contributed by atoms with Crippen LogP contribution in [0.5, 0.6) is 0 Å². The number of nitrogens with zero attached hydrogens (tertiary/aromatic N) is 4. The molecule has 1 aliphatic carbocycles. The van der Waals surface area contributed by atoms with Gasteiger partial charge in [0.05, 0.1) is 0 Å². The van der Waals surface area contributed by atoms with E-state index in [1.807, 2.05) is 29.7 Å². The van der Waals surface area contributed by atoms with Crippen molar-refractivity contribution in [2.75, 3.05) is 6.61 Å². The summed E-state index contributed by atoms with van der Waals surface area (Å²) in [5.74, 6) is 1.22. The number of fused-ring (bicyclic) bond motifs is 1. The van der Waals surface area contributed by atoms with E-state index in [9.17, 15) is 14.7 Å². The fraction of sp³-hybridized carbons (Fsp3) is 0.522. The molecule has 0 atom stereocenters. The van der Waals surface area contributed by atoms with Gasteiger partial charge in [0.25, 0.3) is 5.56 Å². The molecule has 2 aromatic heterocycles. The van der Waals surface area contributed by atoms with Gasteiger partial charge in [0.1, 0.15) is 5.82 Å². The number of aliphatic hydroxyl groups is 1. The van der Waals surface area contributed by atoms with E-state index in [0.29, 0.717) is 49.6 Å². The monoisotopic (exact) mass is 410 g/mol. The van der Waals surface area contributed by atoms with E-state index in [4.69, 9.17) is 4.98 Å². The van der Waals surface area contributed by atoms with Crippen molar-refractivity contribution < 1.29 is 5.11 Å². The Kier molecular flexibility index (Phi) is 6.18. The molecule has 1 aromatic carbocycles. The summed E-state index contributed by atoms with van der Waals surface area (Å²) in [7, 11) is 0. The lowest BCUT2D eigenvalue weighted by atomic mass is 10.1. The highest BCUT2D eigenvalue weighted by molar-refractivity contribution is 5.71. The standard InChI is InChI=1S/C23H30N4O3/c1-2-13-26-22(29)19-21(25(23(26)30)14-8-15-28)24-20(18-11-6-7-12-18)27(19)16-17-9-4-3-5-10-17/h3-5,9-10,18,28H,2,6-8,11-16H2,1H3. The minimum atomic E-state index is -0.329.